The van der Waals surface area contributed by atoms with E-state index in [9.17, 15) is 9.59 Å². The molecule has 0 aliphatic heterocycles. The van der Waals surface area contributed by atoms with Gasteiger partial charge in [-0.05, 0) is 42.9 Å². The number of nitrogen functional groups attached to an aromatic ring is 1. The number of hydrogen-bond acceptors (Lipinski definition) is 5. The number of nitrogens with two attached hydrogens (primary N) is 1. The molecule has 0 radical (unpaired) electrons. The quantitative estimate of drug-likeness (QED) is 0.499. The van der Waals surface area contributed by atoms with Gasteiger partial charge in [0.25, 0.3) is 0 Å². The Labute approximate surface area is 187 Å². The molecule has 0 saturated heterocycles. The minimum absolute atomic E-state index is 0.152. The highest BCUT2D eigenvalue weighted by molar-refractivity contribution is 6.15. The van der Waals surface area contributed by atoms with E-state index in [1.54, 1.807) is 28.8 Å². The molecule has 1 aliphatic carbocycles. The lowest BCUT2D eigenvalue weighted by Crippen LogP contribution is -2.33. The Kier molecular flexibility index (Phi) is 6.39. The zero-order valence-electron chi connectivity index (χ0n) is 18.6. The molecule has 2 aromatic heterocycles. The number of amides is 2. The molecule has 4 rings (SSSR count). The van der Waals surface area contributed by atoms with E-state index >= 15 is 0 Å². The molecule has 8 heteroatoms. The maximum Gasteiger partial charge on any atom is 0.319 e. The molecule has 32 heavy (non-hydrogen) atoms. The number of fused-ring (bicyclic) bond motifs is 1. The van der Waals surface area contributed by atoms with Crippen molar-refractivity contribution in [1.82, 2.24) is 19.9 Å². The summed E-state index contributed by atoms with van der Waals surface area (Å²) in [6, 6.07) is 8.50. The smallest absolute Gasteiger partial charge is 0.319 e. The van der Waals surface area contributed by atoms with Crippen LogP contribution in [0.1, 0.15) is 73.5 Å². The standard InChI is InChI=1S/C24H30N6O2/c1-15(2)20-12-19(21-23(25)27-14-28-30(20)21)22(31)17-9-6-10-18(11-17)29-24(32)26-13-16-7-4-3-5-8-16/h6,9-12,14-16H,3-5,7-8,13H2,1-2H3,(H2,25,27,28)(H2,26,29,32). The molecule has 4 N–H and O–H groups in total. The Balaban J connectivity index is 1.52. The zero-order valence-corrected chi connectivity index (χ0v) is 18.6. The minimum Gasteiger partial charge on any atom is -0.382 e. The fourth-order valence-electron chi connectivity index (χ4n) is 4.37. The van der Waals surface area contributed by atoms with Gasteiger partial charge < -0.3 is 16.4 Å². The minimum atomic E-state index is -0.255. The number of anilines is 2. The number of carbonyl (C=O) groups excluding carboxylic acids is 2. The van der Waals surface area contributed by atoms with Crippen LogP contribution in [0.5, 0.6) is 0 Å². The summed E-state index contributed by atoms with van der Waals surface area (Å²) >= 11 is 0. The van der Waals surface area contributed by atoms with Crippen molar-refractivity contribution in [3.63, 3.8) is 0 Å². The van der Waals surface area contributed by atoms with Gasteiger partial charge in [-0.3, -0.25) is 4.79 Å². The van der Waals surface area contributed by atoms with Crippen LogP contribution in [-0.2, 0) is 0 Å². The van der Waals surface area contributed by atoms with Gasteiger partial charge in [0.2, 0.25) is 0 Å². The summed E-state index contributed by atoms with van der Waals surface area (Å²) in [4.78, 5) is 29.8. The van der Waals surface area contributed by atoms with E-state index in [0.717, 1.165) is 5.69 Å². The van der Waals surface area contributed by atoms with E-state index in [0.29, 0.717) is 34.8 Å². The first-order valence-corrected chi connectivity index (χ1v) is 11.3. The average molecular weight is 435 g/mol. The highest BCUT2D eigenvalue weighted by atomic mass is 16.2. The molecule has 2 heterocycles. The van der Waals surface area contributed by atoms with E-state index in [2.05, 4.69) is 20.7 Å². The molecular weight excluding hydrogens is 404 g/mol. The molecule has 0 atom stereocenters. The Bertz CT molecular complexity index is 1130. The van der Waals surface area contributed by atoms with E-state index in [-0.39, 0.29) is 23.6 Å². The Morgan fingerprint density at radius 3 is 2.72 bits per heavy atom. The van der Waals surface area contributed by atoms with Crippen LogP contribution >= 0.6 is 0 Å². The SMILES string of the molecule is CC(C)c1cc(C(=O)c2cccc(NC(=O)NCC3CCCCC3)c2)c2c(N)ncnn12. The zero-order chi connectivity index (χ0) is 22.7. The normalized spacial score (nSPS) is 14.6. The van der Waals surface area contributed by atoms with Crippen LogP contribution < -0.4 is 16.4 Å². The number of hydrogen-bond donors (Lipinski definition) is 3. The number of ketones is 1. The summed E-state index contributed by atoms with van der Waals surface area (Å²) in [6.07, 6.45) is 7.49. The van der Waals surface area contributed by atoms with Gasteiger partial charge in [0, 0.05) is 23.5 Å². The van der Waals surface area contributed by atoms with Gasteiger partial charge in [0.1, 0.15) is 11.8 Å². The van der Waals surface area contributed by atoms with Crippen LogP contribution in [0.25, 0.3) is 5.52 Å². The molecule has 0 unspecified atom stereocenters. The van der Waals surface area contributed by atoms with E-state index in [1.165, 1.54) is 38.4 Å². The first kappa shape index (κ1) is 21.8. The lowest BCUT2D eigenvalue weighted by atomic mass is 9.89. The van der Waals surface area contributed by atoms with Crippen LogP contribution in [-0.4, -0.2) is 33.0 Å². The van der Waals surface area contributed by atoms with Crippen LogP contribution in [0.2, 0.25) is 0 Å². The molecule has 0 spiro atoms. The molecule has 8 nitrogen and oxygen atoms in total. The maximum atomic E-state index is 13.4. The van der Waals surface area contributed by atoms with Crippen LogP contribution in [0.4, 0.5) is 16.3 Å². The lowest BCUT2D eigenvalue weighted by Gasteiger charge is -2.21. The molecular formula is C24H30N6O2. The number of nitrogens with one attached hydrogen (secondary N) is 2. The second-order valence-electron chi connectivity index (χ2n) is 8.79. The number of aromatic nitrogens is 3. The molecule has 168 valence electrons. The van der Waals surface area contributed by atoms with Crippen LogP contribution in [0, 0.1) is 5.92 Å². The summed E-state index contributed by atoms with van der Waals surface area (Å²) in [7, 11) is 0. The lowest BCUT2D eigenvalue weighted by molar-refractivity contribution is 0.104. The highest BCUT2D eigenvalue weighted by Gasteiger charge is 2.22. The van der Waals surface area contributed by atoms with Crippen molar-refractivity contribution in [2.45, 2.75) is 51.9 Å². The van der Waals surface area contributed by atoms with Gasteiger partial charge in [-0.15, -0.1) is 0 Å². The van der Waals surface area contributed by atoms with Crippen molar-refractivity contribution in [3.8, 4) is 0 Å². The van der Waals surface area contributed by atoms with Gasteiger partial charge >= 0.3 is 6.03 Å². The third kappa shape index (κ3) is 4.59. The summed E-state index contributed by atoms with van der Waals surface area (Å²) < 4.78 is 1.68. The van der Waals surface area contributed by atoms with Crippen molar-refractivity contribution in [2.24, 2.45) is 5.92 Å². The topological polar surface area (TPSA) is 114 Å². The third-order valence-electron chi connectivity index (χ3n) is 6.11. The highest BCUT2D eigenvalue weighted by Crippen LogP contribution is 2.27. The number of rotatable bonds is 6. The average Bonchev–Trinajstić information content (AvgIpc) is 3.19. The van der Waals surface area contributed by atoms with Crippen molar-refractivity contribution in [1.29, 1.82) is 0 Å². The van der Waals surface area contributed by atoms with Gasteiger partial charge in [0.15, 0.2) is 11.6 Å². The van der Waals surface area contributed by atoms with Gasteiger partial charge in [-0.2, -0.15) is 5.10 Å². The second kappa shape index (κ2) is 9.38. The predicted molar refractivity (Wildman–Crippen MR) is 125 cm³/mol. The first-order valence-electron chi connectivity index (χ1n) is 11.3. The Morgan fingerprint density at radius 2 is 1.97 bits per heavy atom. The third-order valence-corrected chi connectivity index (χ3v) is 6.11. The van der Waals surface area contributed by atoms with Crippen LogP contribution in [0.3, 0.4) is 0 Å². The molecule has 1 saturated carbocycles. The molecule has 3 aromatic rings. The van der Waals surface area contributed by atoms with Crippen molar-refractivity contribution >= 4 is 28.8 Å². The van der Waals surface area contributed by atoms with Crippen molar-refractivity contribution in [2.75, 3.05) is 17.6 Å². The van der Waals surface area contributed by atoms with Gasteiger partial charge in [-0.25, -0.2) is 14.3 Å². The van der Waals surface area contributed by atoms with E-state index in [4.69, 9.17) is 5.73 Å². The molecule has 2 amide bonds. The van der Waals surface area contributed by atoms with E-state index < -0.39 is 0 Å². The van der Waals surface area contributed by atoms with E-state index in [1.807, 2.05) is 19.9 Å². The van der Waals surface area contributed by atoms with Crippen LogP contribution in [0.15, 0.2) is 36.7 Å². The maximum absolute atomic E-state index is 13.4. The number of carbonyl (C=O) groups is 2. The number of nitrogens with zero attached hydrogens (tertiary/aromatic N) is 3. The van der Waals surface area contributed by atoms with Gasteiger partial charge in [-0.1, -0.05) is 45.2 Å². The van der Waals surface area contributed by atoms with Crippen molar-refractivity contribution in [3.05, 3.63) is 53.5 Å². The largest absolute Gasteiger partial charge is 0.382 e. The number of benzene rings is 1. The van der Waals surface area contributed by atoms with Crippen molar-refractivity contribution < 1.29 is 9.59 Å². The second-order valence-corrected chi connectivity index (χ2v) is 8.79. The molecule has 0 bridgehead atoms. The molecule has 1 aromatic carbocycles. The fraction of sp³-hybridized carbons (Fsp3) is 0.417. The van der Waals surface area contributed by atoms with Gasteiger partial charge in [0.05, 0.1) is 5.56 Å². The number of urea groups is 1. The summed E-state index contributed by atoms with van der Waals surface area (Å²) in [5, 5.41) is 10.1. The summed E-state index contributed by atoms with van der Waals surface area (Å²) in [6.45, 7) is 4.74. The Hall–Kier alpha value is -3.42. The predicted octanol–water partition coefficient (Wildman–Crippen LogP) is 4.37. The monoisotopic (exact) mass is 434 g/mol. The first-order chi connectivity index (χ1) is 15.4. The molecule has 1 aliphatic rings. The Morgan fingerprint density at radius 1 is 1.19 bits per heavy atom. The molecule has 1 fully saturated rings. The summed E-state index contributed by atoms with van der Waals surface area (Å²) in [5.41, 5.74) is 8.95. The summed E-state index contributed by atoms with van der Waals surface area (Å²) in [5.74, 6) is 0.765. The fourth-order valence-corrected chi connectivity index (χ4v) is 4.37.